The minimum atomic E-state index is -0.368. The minimum absolute atomic E-state index is 0.368. The highest BCUT2D eigenvalue weighted by atomic mass is 16.5. The maximum absolute atomic E-state index is 10.5. The van der Waals surface area contributed by atoms with Crippen LogP contribution in [0, 0.1) is 11.8 Å². The van der Waals surface area contributed by atoms with Crippen molar-refractivity contribution in [2.45, 2.75) is 18.4 Å². The zero-order valence-electron chi connectivity index (χ0n) is 11.0. The summed E-state index contributed by atoms with van der Waals surface area (Å²) in [6.07, 6.45) is 1.81. The van der Waals surface area contributed by atoms with Gasteiger partial charge < -0.3 is 4.74 Å². The summed E-state index contributed by atoms with van der Waals surface area (Å²) in [6, 6.07) is 17.8. The maximum atomic E-state index is 10.5. The van der Waals surface area contributed by atoms with Crippen molar-refractivity contribution < 1.29 is 9.53 Å². The van der Waals surface area contributed by atoms with Crippen LogP contribution in [0.1, 0.15) is 29.5 Å². The predicted molar refractivity (Wildman–Crippen MR) is 76.9 cm³/mol. The molecule has 0 N–H and O–H groups in total. The largest absolute Gasteiger partial charge is 0.456 e. The van der Waals surface area contributed by atoms with Crippen molar-refractivity contribution in [1.29, 1.82) is 0 Å². The second-order valence-corrected chi connectivity index (χ2v) is 4.90. The zero-order chi connectivity index (χ0) is 13.8. The van der Waals surface area contributed by atoms with Crippen LogP contribution in [-0.4, -0.2) is 6.47 Å². The van der Waals surface area contributed by atoms with Crippen LogP contribution < -0.4 is 0 Å². The number of hydrogen-bond acceptors (Lipinski definition) is 2. The quantitative estimate of drug-likeness (QED) is 0.627. The topological polar surface area (TPSA) is 26.3 Å². The van der Waals surface area contributed by atoms with Gasteiger partial charge in [0.2, 0.25) is 0 Å². The van der Waals surface area contributed by atoms with E-state index in [0.717, 1.165) is 29.5 Å². The van der Waals surface area contributed by atoms with Crippen molar-refractivity contribution in [2.24, 2.45) is 0 Å². The first-order chi connectivity index (χ1) is 9.82. The van der Waals surface area contributed by atoms with Gasteiger partial charge in [-0.2, -0.15) is 0 Å². The van der Waals surface area contributed by atoms with Crippen molar-refractivity contribution in [3.8, 4) is 11.8 Å². The van der Waals surface area contributed by atoms with Crippen molar-refractivity contribution in [3.63, 3.8) is 0 Å². The molecule has 0 bridgehead atoms. The highest BCUT2D eigenvalue weighted by molar-refractivity contribution is 5.46. The lowest BCUT2D eigenvalue weighted by molar-refractivity contribution is -0.136. The van der Waals surface area contributed by atoms with Crippen LogP contribution in [0.4, 0.5) is 0 Å². The van der Waals surface area contributed by atoms with E-state index in [1.807, 2.05) is 54.6 Å². The molecule has 0 spiro atoms. The third-order valence-corrected chi connectivity index (χ3v) is 3.51. The molecule has 0 aliphatic heterocycles. The Hall–Kier alpha value is -2.53. The van der Waals surface area contributed by atoms with Crippen molar-refractivity contribution >= 4 is 6.47 Å². The standard InChI is InChI=1S/C18H14O2/c19-14-20-18(12-13-18)17-10-8-16(9-11-17)7-6-15-4-2-1-3-5-15/h1-5,8-11,14H,12-13H2. The number of carbonyl (C=O) groups excluding carboxylic acids is 1. The second kappa shape index (κ2) is 5.22. The van der Waals surface area contributed by atoms with E-state index in [1.54, 1.807) is 0 Å². The summed E-state index contributed by atoms with van der Waals surface area (Å²) < 4.78 is 5.18. The number of ether oxygens (including phenoxy) is 1. The van der Waals surface area contributed by atoms with Crippen molar-refractivity contribution in [2.75, 3.05) is 0 Å². The summed E-state index contributed by atoms with van der Waals surface area (Å²) in [5.74, 6) is 6.25. The fraction of sp³-hybridized carbons (Fsp3) is 0.167. The first-order valence-corrected chi connectivity index (χ1v) is 6.61. The van der Waals surface area contributed by atoms with Gasteiger partial charge in [-0.1, -0.05) is 42.2 Å². The molecular formula is C18H14O2. The lowest BCUT2D eigenvalue weighted by atomic mass is 10.1. The third kappa shape index (κ3) is 2.57. The van der Waals surface area contributed by atoms with Crippen molar-refractivity contribution in [1.82, 2.24) is 0 Å². The Labute approximate surface area is 118 Å². The van der Waals surface area contributed by atoms with Gasteiger partial charge in [0.05, 0.1) is 0 Å². The van der Waals surface area contributed by atoms with Gasteiger partial charge in [-0.25, -0.2) is 0 Å². The third-order valence-electron chi connectivity index (χ3n) is 3.51. The SMILES string of the molecule is O=COC1(c2ccc(C#Cc3ccccc3)cc2)CC1. The lowest BCUT2D eigenvalue weighted by Gasteiger charge is -2.13. The number of hydrogen-bond donors (Lipinski definition) is 0. The average Bonchev–Trinajstić information content (AvgIpc) is 3.28. The molecular weight excluding hydrogens is 248 g/mol. The van der Waals surface area contributed by atoms with Gasteiger partial charge >= 0.3 is 0 Å². The Morgan fingerprint density at radius 2 is 1.50 bits per heavy atom. The molecule has 0 atom stereocenters. The Morgan fingerprint density at radius 3 is 2.05 bits per heavy atom. The van der Waals surface area contributed by atoms with Gasteiger partial charge in [-0.15, -0.1) is 0 Å². The Kier molecular flexibility index (Phi) is 3.26. The van der Waals surface area contributed by atoms with Gasteiger partial charge in [0.1, 0.15) is 5.60 Å². The highest BCUT2D eigenvalue weighted by Gasteiger charge is 2.46. The number of carbonyl (C=O) groups is 1. The Bertz CT molecular complexity index is 656. The van der Waals surface area contributed by atoms with E-state index in [4.69, 9.17) is 4.74 Å². The van der Waals surface area contributed by atoms with Crippen LogP contribution >= 0.6 is 0 Å². The fourth-order valence-electron chi connectivity index (χ4n) is 2.20. The molecule has 20 heavy (non-hydrogen) atoms. The van der Waals surface area contributed by atoms with Crippen LogP contribution in [0.15, 0.2) is 54.6 Å². The highest BCUT2D eigenvalue weighted by Crippen LogP contribution is 2.48. The first kappa shape index (κ1) is 12.5. The van der Waals surface area contributed by atoms with Gasteiger partial charge in [-0.3, -0.25) is 4.79 Å². The van der Waals surface area contributed by atoms with E-state index in [0.29, 0.717) is 6.47 Å². The zero-order valence-corrected chi connectivity index (χ0v) is 11.0. The van der Waals surface area contributed by atoms with Crippen LogP contribution in [0.2, 0.25) is 0 Å². The first-order valence-electron chi connectivity index (χ1n) is 6.61. The summed E-state index contributed by atoms with van der Waals surface area (Å²) in [6.45, 7) is 0.538. The molecule has 1 saturated carbocycles. The molecule has 0 aromatic heterocycles. The van der Waals surface area contributed by atoms with E-state index < -0.39 is 0 Å². The summed E-state index contributed by atoms with van der Waals surface area (Å²) in [5.41, 5.74) is 2.64. The molecule has 2 aromatic rings. The summed E-state index contributed by atoms with van der Waals surface area (Å²) in [5, 5.41) is 0. The molecule has 1 aliphatic carbocycles. The van der Waals surface area contributed by atoms with Gasteiger partial charge in [-0.05, 0) is 42.7 Å². The predicted octanol–water partition coefficient (Wildman–Crippen LogP) is 3.25. The molecule has 98 valence electrons. The minimum Gasteiger partial charge on any atom is -0.456 e. The second-order valence-electron chi connectivity index (χ2n) is 4.90. The molecule has 1 aliphatic rings. The molecule has 1 fully saturated rings. The van der Waals surface area contributed by atoms with Crippen LogP contribution in [-0.2, 0) is 15.1 Å². The maximum Gasteiger partial charge on any atom is 0.293 e. The summed E-state index contributed by atoms with van der Waals surface area (Å²) in [7, 11) is 0. The van der Waals surface area contributed by atoms with Gasteiger partial charge in [0, 0.05) is 11.1 Å². The van der Waals surface area contributed by atoms with E-state index in [1.165, 1.54) is 0 Å². The molecule has 0 saturated heterocycles. The lowest BCUT2D eigenvalue weighted by Crippen LogP contribution is -2.10. The molecule has 0 unspecified atom stereocenters. The van der Waals surface area contributed by atoms with E-state index >= 15 is 0 Å². The van der Waals surface area contributed by atoms with Crippen molar-refractivity contribution in [3.05, 3.63) is 71.3 Å². The van der Waals surface area contributed by atoms with Gasteiger partial charge in [0.15, 0.2) is 0 Å². The Morgan fingerprint density at radius 1 is 0.900 bits per heavy atom. The van der Waals surface area contributed by atoms with Crippen LogP contribution in [0.3, 0.4) is 0 Å². The Balaban J connectivity index is 1.78. The van der Waals surface area contributed by atoms with Crippen LogP contribution in [0.25, 0.3) is 0 Å². The number of benzene rings is 2. The molecule has 3 rings (SSSR count). The summed E-state index contributed by atoms with van der Waals surface area (Å²) >= 11 is 0. The normalized spacial score (nSPS) is 14.8. The van der Waals surface area contributed by atoms with E-state index in [9.17, 15) is 4.79 Å². The van der Waals surface area contributed by atoms with Crippen LogP contribution in [0.5, 0.6) is 0 Å². The molecule has 2 heteroatoms. The van der Waals surface area contributed by atoms with E-state index in [-0.39, 0.29) is 5.60 Å². The fourth-order valence-corrected chi connectivity index (χ4v) is 2.20. The molecule has 2 nitrogen and oxygen atoms in total. The summed E-state index contributed by atoms with van der Waals surface area (Å²) in [4.78, 5) is 10.5. The number of rotatable bonds is 3. The smallest absolute Gasteiger partial charge is 0.293 e. The molecule has 0 heterocycles. The molecule has 0 radical (unpaired) electrons. The van der Waals surface area contributed by atoms with E-state index in [2.05, 4.69) is 11.8 Å². The average molecular weight is 262 g/mol. The monoisotopic (exact) mass is 262 g/mol. The van der Waals surface area contributed by atoms with Gasteiger partial charge in [0.25, 0.3) is 6.47 Å². The molecule has 0 amide bonds. The molecule has 2 aromatic carbocycles.